The minimum atomic E-state index is -1.47. The monoisotopic (exact) mass is 477 g/mol. The molecule has 0 aliphatic carbocycles. The van der Waals surface area contributed by atoms with Crippen molar-refractivity contribution in [3.05, 3.63) is 65.0 Å². The smallest absolute Gasteiger partial charge is 0.194 e. The van der Waals surface area contributed by atoms with E-state index in [1.807, 2.05) is 24.3 Å². The van der Waals surface area contributed by atoms with E-state index >= 15 is 0 Å². The topological polar surface area (TPSA) is 59.6 Å². The van der Waals surface area contributed by atoms with Crippen molar-refractivity contribution in [1.82, 2.24) is 5.32 Å². The molecule has 1 aliphatic heterocycles. The van der Waals surface area contributed by atoms with Crippen LogP contribution in [0.15, 0.2) is 41.4 Å². The van der Waals surface area contributed by atoms with Gasteiger partial charge in [-0.2, -0.15) is 0 Å². The van der Waals surface area contributed by atoms with E-state index in [1.54, 1.807) is 0 Å². The van der Waals surface area contributed by atoms with Crippen LogP contribution in [0.4, 0.5) is 13.2 Å². The van der Waals surface area contributed by atoms with Crippen molar-refractivity contribution in [2.45, 2.75) is 18.9 Å². The Kier molecular flexibility index (Phi) is 7.13. The molecule has 1 aliphatic rings. The number of halogens is 4. The molecule has 4 nitrogen and oxygen atoms in total. The fourth-order valence-electron chi connectivity index (χ4n) is 2.77. The third kappa shape index (κ3) is 4.80. The Morgan fingerprint density at radius 2 is 1.88 bits per heavy atom. The number of benzene rings is 2. The number of hydrogen-bond acceptors (Lipinski definition) is 2. The van der Waals surface area contributed by atoms with Crippen LogP contribution in [0, 0.1) is 17.5 Å². The second-order valence-corrected chi connectivity index (χ2v) is 5.76. The van der Waals surface area contributed by atoms with Crippen molar-refractivity contribution in [3.8, 4) is 5.75 Å². The quantitative estimate of drug-likeness (QED) is 0.306. The van der Waals surface area contributed by atoms with Gasteiger partial charge in [0.25, 0.3) is 0 Å². The van der Waals surface area contributed by atoms with Gasteiger partial charge < -0.3 is 15.8 Å². The van der Waals surface area contributed by atoms with Gasteiger partial charge in [-0.3, -0.25) is 4.99 Å². The Balaban J connectivity index is 0.00000243. The molecule has 2 aromatic rings. The average molecular weight is 477 g/mol. The lowest BCUT2D eigenvalue weighted by atomic mass is 10.0. The zero-order valence-electron chi connectivity index (χ0n) is 13.8. The molecule has 8 heteroatoms. The van der Waals surface area contributed by atoms with Gasteiger partial charge in [0.15, 0.2) is 23.4 Å². The van der Waals surface area contributed by atoms with Gasteiger partial charge in [0.1, 0.15) is 5.75 Å². The van der Waals surface area contributed by atoms with Gasteiger partial charge in [-0.05, 0) is 30.2 Å². The highest BCUT2D eigenvalue weighted by Crippen LogP contribution is 2.31. The van der Waals surface area contributed by atoms with Crippen LogP contribution in [-0.2, 0) is 6.42 Å². The molecule has 2 aromatic carbocycles. The molecular formula is C18H19F3IN3O. The third-order valence-electron chi connectivity index (χ3n) is 4.01. The van der Waals surface area contributed by atoms with E-state index in [4.69, 9.17) is 10.5 Å². The van der Waals surface area contributed by atoms with Gasteiger partial charge in [-0.15, -0.1) is 24.0 Å². The fourth-order valence-corrected chi connectivity index (χ4v) is 2.77. The molecule has 0 bridgehead atoms. The van der Waals surface area contributed by atoms with Gasteiger partial charge in [0.05, 0.1) is 12.6 Å². The molecule has 1 unspecified atom stereocenters. The molecule has 0 spiro atoms. The van der Waals surface area contributed by atoms with Gasteiger partial charge in [0.2, 0.25) is 0 Å². The summed E-state index contributed by atoms with van der Waals surface area (Å²) in [5, 5.41) is 3.13. The highest BCUT2D eigenvalue weighted by Gasteiger charge is 2.21. The maximum atomic E-state index is 13.2. The first-order valence-corrected chi connectivity index (χ1v) is 7.96. The molecule has 3 N–H and O–H groups in total. The van der Waals surface area contributed by atoms with Crippen LogP contribution < -0.4 is 15.8 Å². The van der Waals surface area contributed by atoms with E-state index in [0.717, 1.165) is 29.9 Å². The van der Waals surface area contributed by atoms with Crippen molar-refractivity contribution in [2.75, 3.05) is 13.2 Å². The maximum absolute atomic E-state index is 13.2. The average Bonchev–Trinajstić information content (AvgIpc) is 2.60. The molecule has 0 saturated heterocycles. The van der Waals surface area contributed by atoms with Crippen LogP contribution in [0.3, 0.4) is 0 Å². The minimum Gasteiger partial charge on any atom is -0.493 e. The number of aliphatic imine (C=N–C) groups is 1. The van der Waals surface area contributed by atoms with Gasteiger partial charge in [-0.25, -0.2) is 13.2 Å². The second-order valence-electron chi connectivity index (χ2n) is 5.76. The molecule has 26 heavy (non-hydrogen) atoms. The number of nitrogens with one attached hydrogen (secondary N) is 1. The van der Waals surface area contributed by atoms with Gasteiger partial charge in [0, 0.05) is 18.5 Å². The van der Waals surface area contributed by atoms with Crippen LogP contribution in [0.1, 0.15) is 23.6 Å². The van der Waals surface area contributed by atoms with Crippen LogP contribution in [0.2, 0.25) is 0 Å². The molecule has 1 atom stereocenters. The number of rotatable bonds is 4. The number of para-hydroxylation sites is 1. The molecule has 0 radical (unpaired) electrons. The zero-order valence-corrected chi connectivity index (χ0v) is 16.2. The van der Waals surface area contributed by atoms with E-state index in [1.165, 1.54) is 0 Å². The molecule has 0 amide bonds. The third-order valence-corrected chi connectivity index (χ3v) is 4.01. The predicted molar refractivity (Wildman–Crippen MR) is 104 cm³/mol. The summed E-state index contributed by atoms with van der Waals surface area (Å²) in [6.45, 7) is 0.810. The molecule has 0 saturated carbocycles. The van der Waals surface area contributed by atoms with Crippen molar-refractivity contribution in [1.29, 1.82) is 0 Å². The van der Waals surface area contributed by atoms with Crippen molar-refractivity contribution in [3.63, 3.8) is 0 Å². The van der Waals surface area contributed by atoms with Crippen LogP contribution in [-0.4, -0.2) is 19.1 Å². The van der Waals surface area contributed by atoms with E-state index in [-0.39, 0.29) is 48.9 Å². The fraction of sp³-hybridized carbons (Fsp3) is 0.278. The summed E-state index contributed by atoms with van der Waals surface area (Å²) >= 11 is 0. The zero-order chi connectivity index (χ0) is 17.8. The van der Waals surface area contributed by atoms with Crippen molar-refractivity contribution < 1.29 is 17.9 Å². The molecule has 0 aromatic heterocycles. The Labute approximate surface area is 166 Å². The van der Waals surface area contributed by atoms with Crippen LogP contribution in [0.25, 0.3) is 0 Å². The van der Waals surface area contributed by atoms with E-state index in [0.29, 0.717) is 12.2 Å². The number of hydrogen-bond donors (Lipinski definition) is 2. The largest absolute Gasteiger partial charge is 0.493 e. The van der Waals surface area contributed by atoms with Gasteiger partial charge in [-0.1, -0.05) is 18.2 Å². The molecular weight excluding hydrogens is 458 g/mol. The summed E-state index contributed by atoms with van der Waals surface area (Å²) < 4.78 is 44.9. The summed E-state index contributed by atoms with van der Waals surface area (Å²) in [6, 6.07) is 9.61. The highest BCUT2D eigenvalue weighted by molar-refractivity contribution is 14.0. The summed E-state index contributed by atoms with van der Waals surface area (Å²) in [4.78, 5) is 4.17. The van der Waals surface area contributed by atoms with E-state index in [9.17, 15) is 13.2 Å². The second kappa shape index (κ2) is 9.11. The lowest BCUT2D eigenvalue weighted by molar-refractivity contribution is 0.262. The number of guanidine groups is 1. The Morgan fingerprint density at radius 1 is 1.19 bits per heavy atom. The summed E-state index contributed by atoms with van der Waals surface area (Å²) in [7, 11) is 0. The molecule has 3 rings (SSSR count). The number of nitrogens with zero attached hydrogens (tertiary/aromatic N) is 1. The number of fused-ring (bicyclic) bond motifs is 1. The van der Waals surface area contributed by atoms with Crippen LogP contribution >= 0.6 is 24.0 Å². The van der Waals surface area contributed by atoms with E-state index < -0.39 is 17.5 Å². The number of ether oxygens (including phenoxy) is 1. The Hall–Kier alpha value is -1.97. The summed E-state index contributed by atoms with van der Waals surface area (Å²) in [5.41, 5.74) is 7.23. The molecule has 140 valence electrons. The lowest BCUT2D eigenvalue weighted by Crippen LogP contribution is -2.37. The van der Waals surface area contributed by atoms with E-state index in [2.05, 4.69) is 10.3 Å². The molecule has 0 fully saturated rings. The summed E-state index contributed by atoms with van der Waals surface area (Å²) in [6.07, 6.45) is 1.00. The first-order valence-electron chi connectivity index (χ1n) is 7.96. The summed E-state index contributed by atoms with van der Waals surface area (Å²) in [5.74, 6) is -2.82. The SMILES string of the molecule is I.NC(=NCCc1cc(F)c(F)c(F)c1)NC1CCOc2ccccc21. The molecule has 1 heterocycles. The first-order chi connectivity index (χ1) is 12.0. The van der Waals surface area contributed by atoms with Crippen LogP contribution in [0.5, 0.6) is 5.75 Å². The Bertz CT molecular complexity index is 778. The standard InChI is InChI=1S/C18H18F3N3O.HI/c19-13-9-11(10-14(20)17(13)21)5-7-23-18(22)24-15-6-8-25-16-4-2-1-3-12(15)16;/h1-4,9-10,15H,5-8H2,(H3,22,23,24);1H. The Morgan fingerprint density at radius 3 is 2.62 bits per heavy atom. The first kappa shape index (κ1) is 20.3. The predicted octanol–water partition coefficient (Wildman–Crippen LogP) is 3.69. The lowest BCUT2D eigenvalue weighted by Gasteiger charge is -2.26. The van der Waals surface area contributed by atoms with Crippen molar-refractivity contribution >= 4 is 29.9 Å². The normalized spacial score (nSPS) is 16.3. The van der Waals surface area contributed by atoms with Gasteiger partial charge >= 0.3 is 0 Å². The maximum Gasteiger partial charge on any atom is 0.194 e. The van der Waals surface area contributed by atoms with Crippen molar-refractivity contribution in [2.24, 2.45) is 10.7 Å². The minimum absolute atomic E-state index is 0. The number of nitrogens with two attached hydrogens (primary N) is 1. The highest BCUT2D eigenvalue weighted by atomic mass is 127.